The van der Waals surface area contributed by atoms with Gasteiger partial charge < -0.3 is 14.8 Å². The van der Waals surface area contributed by atoms with E-state index in [0.717, 1.165) is 22.4 Å². The highest BCUT2D eigenvalue weighted by Crippen LogP contribution is 2.12. The number of rotatable bonds is 9. The van der Waals surface area contributed by atoms with Crippen LogP contribution in [-0.4, -0.2) is 13.0 Å². The van der Waals surface area contributed by atoms with Gasteiger partial charge in [-0.25, -0.2) is 0 Å². The second-order valence-electron chi connectivity index (χ2n) is 6.60. The molecule has 0 unspecified atom stereocenters. The van der Waals surface area contributed by atoms with E-state index in [1.807, 2.05) is 66.7 Å². The van der Waals surface area contributed by atoms with Gasteiger partial charge in [0.1, 0.15) is 5.75 Å². The molecule has 0 aliphatic heterocycles. The maximum absolute atomic E-state index is 12.1. The summed E-state index contributed by atoms with van der Waals surface area (Å²) in [7, 11) is 1.63. The van der Waals surface area contributed by atoms with Crippen LogP contribution in [0.2, 0.25) is 0 Å². The van der Waals surface area contributed by atoms with Crippen LogP contribution in [0.4, 0.5) is 0 Å². The molecule has 144 valence electrons. The van der Waals surface area contributed by atoms with Crippen LogP contribution in [0.15, 0.2) is 78.9 Å². The molecule has 4 heteroatoms. The fourth-order valence-electron chi connectivity index (χ4n) is 2.81. The topological polar surface area (TPSA) is 47.6 Å². The summed E-state index contributed by atoms with van der Waals surface area (Å²) in [5.41, 5.74) is 4.31. The van der Waals surface area contributed by atoms with Crippen molar-refractivity contribution in [1.82, 2.24) is 5.32 Å². The van der Waals surface area contributed by atoms with Crippen molar-refractivity contribution in [3.05, 3.63) is 101 Å². The van der Waals surface area contributed by atoms with Crippen molar-refractivity contribution < 1.29 is 14.3 Å². The quantitative estimate of drug-likeness (QED) is 0.608. The highest BCUT2D eigenvalue weighted by molar-refractivity contribution is 5.78. The van der Waals surface area contributed by atoms with E-state index in [1.165, 1.54) is 5.56 Å². The van der Waals surface area contributed by atoms with Gasteiger partial charge in [0.15, 0.2) is 0 Å². The molecule has 1 N–H and O–H groups in total. The van der Waals surface area contributed by atoms with E-state index >= 15 is 0 Å². The van der Waals surface area contributed by atoms with Crippen LogP contribution < -0.4 is 10.1 Å². The van der Waals surface area contributed by atoms with Crippen molar-refractivity contribution in [2.24, 2.45) is 0 Å². The summed E-state index contributed by atoms with van der Waals surface area (Å²) in [5.74, 6) is 0.789. The lowest BCUT2D eigenvalue weighted by Gasteiger charge is -2.08. The lowest BCUT2D eigenvalue weighted by atomic mass is 10.1. The smallest absolute Gasteiger partial charge is 0.224 e. The van der Waals surface area contributed by atoms with Gasteiger partial charge in [-0.05, 0) is 34.4 Å². The molecule has 0 bridgehead atoms. The summed E-state index contributed by atoms with van der Waals surface area (Å²) in [6, 6.07) is 25.8. The Kier molecular flexibility index (Phi) is 7.21. The Morgan fingerprint density at radius 1 is 0.750 bits per heavy atom. The van der Waals surface area contributed by atoms with Crippen molar-refractivity contribution >= 4 is 5.91 Å². The number of hydrogen-bond acceptors (Lipinski definition) is 3. The van der Waals surface area contributed by atoms with Crippen molar-refractivity contribution in [1.29, 1.82) is 0 Å². The highest BCUT2D eigenvalue weighted by atomic mass is 16.5. The average molecular weight is 375 g/mol. The molecule has 1 amide bonds. The molecule has 0 heterocycles. The van der Waals surface area contributed by atoms with Crippen LogP contribution in [0.25, 0.3) is 0 Å². The molecule has 0 spiro atoms. The molecule has 0 atom stereocenters. The number of methoxy groups -OCH3 is 1. The third-order valence-electron chi connectivity index (χ3n) is 4.42. The number of carbonyl (C=O) groups excluding carboxylic acids is 1. The van der Waals surface area contributed by atoms with Crippen molar-refractivity contribution in [2.45, 2.75) is 26.2 Å². The molecule has 0 aromatic heterocycles. The van der Waals surface area contributed by atoms with Crippen LogP contribution in [-0.2, 0) is 35.7 Å². The van der Waals surface area contributed by atoms with Crippen molar-refractivity contribution in [3.63, 3.8) is 0 Å². The molecular weight excluding hydrogens is 350 g/mol. The summed E-state index contributed by atoms with van der Waals surface area (Å²) in [6.45, 7) is 1.68. The predicted octanol–water partition coefficient (Wildman–Crippen LogP) is 4.27. The van der Waals surface area contributed by atoms with Crippen molar-refractivity contribution in [3.8, 4) is 5.75 Å². The van der Waals surface area contributed by atoms with Crippen LogP contribution in [0.3, 0.4) is 0 Å². The van der Waals surface area contributed by atoms with Gasteiger partial charge in [-0.15, -0.1) is 0 Å². The second kappa shape index (κ2) is 10.3. The van der Waals surface area contributed by atoms with Crippen LogP contribution in [0.1, 0.15) is 22.3 Å². The SMILES string of the molecule is COc1ccc(CC(=O)NCc2ccc(COCc3ccccc3)cc2)cc1. The molecule has 3 aromatic rings. The molecule has 4 nitrogen and oxygen atoms in total. The minimum absolute atomic E-state index is 0.000405. The first kappa shape index (κ1) is 19.6. The van der Waals surface area contributed by atoms with E-state index in [2.05, 4.69) is 17.4 Å². The summed E-state index contributed by atoms with van der Waals surface area (Å²) in [5, 5.41) is 2.96. The zero-order valence-electron chi connectivity index (χ0n) is 16.1. The highest BCUT2D eigenvalue weighted by Gasteiger charge is 2.04. The van der Waals surface area contributed by atoms with E-state index in [0.29, 0.717) is 26.2 Å². The monoisotopic (exact) mass is 375 g/mol. The molecule has 3 rings (SSSR count). The molecule has 0 aliphatic carbocycles. The fraction of sp³-hybridized carbons (Fsp3) is 0.208. The zero-order chi connectivity index (χ0) is 19.6. The summed E-state index contributed by atoms with van der Waals surface area (Å²) in [4.78, 5) is 12.1. The average Bonchev–Trinajstić information content (AvgIpc) is 2.74. The first-order valence-electron chi connectivity index (χ1n) is 9.32. The molecule has 28 heavy (non-hydrogen) atoms. The van der Waals surface area contributed by atoms with E-state index < -0.39 is 0 Å². The Bertz CT molecular complexity index is 859. The Balaban J connectivity index is 1.40. The van der Waals surface area contributed by atoms with Gasteiger partial charge in [0.2, 0.25) is 5.91 Å². The minimum atomic E-state index is 0.000405. The third-order valence-corrected chi connectivity index (χ3v) is 4.42. The Labute approximate surface area is 166 Å². The second-order valence-corrected chi connectivity index (χ2v) is 6.60. The maximum Gasteiger partial charge on any atom is 0.224 e. The van der Waals surface area contributed by atoms with Gasteiger partial charge in [0, 0.05) is 6.54 Å². The van der Waals surface area contributed by atoms with E-state index in [1.54, 1.807) is 7.11 Å². The largest absolute Gasteiger partial charge is 0.497 e. The minimum Gasteiger partial charge on any atom is -0.497 e. The number of ether oxygens (including phenoxy) is 2. The van der Waals surface area contributed by atoms with E-state index in [-0.39, 0.29) is 5.91 Å². The number of nitrogens with one attached hydrogen (secondary N) is 1. The van der Waals surface area contributed by atoms with Crippen LogP contribution >= 0.6 is 0 Å². The standard InChI is InChI=1S/C24H25NO3/c1-27-23-13-11-19(12-14-23)15-24(26)25-16-20-7-9-22(10-8-20)18-28-17-21-5-3-2-4-6-21/h2-14H,15-18H2,1H3,(H,25,26). The van der Waals surface area contributed by atoms with Gasteiger partial charge in [-0.1, -0.05) is 66.7 Å². The Hall–Kier alpha value is -3.11. The van der Waals surface area contributed by atoms with E-state index in [9.17, 15) is 4.79 Å². The molecule has 0 saturated carbocycles. The molecular formula is C24H25NO3. The normalized spacial score (nSPS) is 10.5. The fourth-order valence-corrected chi connectivity index (χ4v) is 2.81. The van der Waals surface area contributed by atoms with Gasteiger partial charge >= 0.3 is 0 Å². The first-order chi connectivity index (χ1) is 13.7. The molecule has 0 saturated heterocycles. The van der Waals surface area contributed by atoms with Crippen molar-refractivity contribution in [2.75, 3.05) is 7.11 Å². The Morgan fingerprint density at radius 3 is 1.96 bits per heavy atom. The lowest BCUT2D eigenvalue weighted by Crippen LogP contribution is -2.24. The third kappa shape index (κ3) is 6.25. The number of amides is 1. The molecule has 3 aromatic carbocycles. The summed E-state index contributed by atoms with van der Waals surface area (Å²) in [6.07, 6.45) is 0.357. The van der Waals surface area contributed by atoms with Gasteiger partial charge in [0.25, 0.3) is 0 Å². The Morgan fingerprint density at radius 2 is 1.32 bits per heavy atom. The zero-order valence-corrected chi connectivity index (χ0v) is 16.1. The summed E-state index contributed by atoms with van der Waals surface area (Å²) >= 11 is 0. The van der Waals surface area contributed by atoms with E-state index in [4.69, 9.17) is 9.47 Å². The predicted molar refractivity (Wildman–Crippen MR) is 110 cm³/mol. The summed E-state index contributed by atoms with van der Waals surface area (Å²) < 4.78 is 10.9. The number of hydrogen-bond donors (Lipinski definition) is 1. The van der Waals surface area contributed by atoms with Gasteiger partial charge in [-0.3, -0.25) is 4.79 Å². The molecule has 0 aliphatic rings. The molecule has 0 radical (unpaired) electrons. The number of carbonyl (C=O) groups is 1. The van der Waals surface area contributed by atoms with Gasteiger partial charge in [0.05, 0.1) is 26.7 Å². The van der Waals surface area contributed by atoms with Crippen LogP contribution in [0, 0.1) is 0 Å². The van der Waals surface area contributed by atoms with Gasteiger partial charge in [-0.2, -0.15) is 0 Å². The molecule has 0 fully saturated rings. The number of benzene rings is 3. The maximum atomic E-state index is 12.1. The lowest BCUT2D eigenvalue weighted by molar-refractivity contribution is -0.120. The first-order valence-corrected chi connectivity index (χ1v) is 9.32. The van der Waals surface area contributed by atoms with Crippen LogP contribution in [0.5, 0.6) is 5.75 Å².